The van der Waals surface area contributed by atoms with Crippen LogP contribution in [0.1, 0.15) is 27.9 Å². The molecule has 126 valence electrons. The van der Waals surface area contributed by atoms with E-state index in [4.69, 9.17) is 4.74 Å². The number of H-pyrrole nitrogens is 1. The van der Waals surface area contributed by atoms with Crippen molar-refractivity contribution in [2.24, 2.45) is 0 Å². The van der Waals surface area contributed by atoms with E-state index in [9.17, 15) is 4.79 Å². The van der Waals surface area contributed by atoms with Crippen LogP contribution in [0.25, 0.3) is 16.0 Å². The molecule has 0 atom stereocenters. The van der Waals surface area contributed by atoms with E-state index in [1.807, 2.05) is 54.2 Å². The lowest BCUT2D eigenvalue weighted by molar-refractivity contribution is 0.0477. The van der Waals surface area contributed by atoms with Gasteiger partial charge in [-0.05, 0) is 36.2 Å². The zero-order valence-electron chi connectivity index (χ0n) is 13.6. The van der Waals surface area contributed by atoms with Gasteiger partial charge in [-0.3, -0.25) is 5.10 Å². The second kappa shape index (κ2) is 6.52. The molecule has 0 spiro atoms. The molecule has 1 N–H and O–H groups in total. The van der Waals surface area contributed by atoms with Gasteiger partial charge in [0.2, 0.25) is 0 Å². The number of hydrogen-bond donors (Lipinski definition) is 1. The standard InChI is InChI=1S/C18H16N4O2S/c1-2-14-16(25-18(20-14)22-7-3-4-8-22)17(23)24-11-12-5-6-15-13(9-12)10-19-21-15/h3-10H,2,11H2,1H3,(H,19,21). The van der Waals surface area contributed by atoms with Crippen LogP contribution in [-0.2, 0) is 17.8 Å². The van der Waals surface area contributed by atoms with Crippen molar-refractivity contribution < 1.29 is 9.53 Å². The Morgan fingerprint density at radius 2 is 2.16 bits per heavy atom. The molecule has 4 aromatic rings. The van der Waals surface area contributed by atoms with Crippen LogP contribution in [0.2, 0.25) is 0 Å². The van der Waals surface area contributed by atoms with Gasteiger partial charge >= 0.3 is 5.97 Å². The molecule has 7 heteroatoms. The molecule has 0 radical (unpaired) electrons. The number of aromatic nitrogens is 4. The summed E-state index contributed by atoms with van der Waals surface area (Å²) in [5, 5.41) is 8.66. The van der Waals surface area contributed by atoms with Gasteiger partial charge in [-0.15, -0.1) is 0 Å². The van der Waals surface area contributed by atoms with Gasteiger partial charge in [0.15, 0.2) is 5.13 Å². The molecule has 6 nitrogen and oxygen atoms in total. The third-order valence-corrected chi connectivity index (χ3v) is 5.00. The number of thiazole rings is 1. The van der Waals surface area contributed by atoms with Crippen molar-refractivity contribution >= 4 is 28.2 Å². The molecule has 0 aliphatic heterocycles. The highest BCUT2D eigenvalue weighted by molar-refractivity contribution is 7.16. The number of benzene rings is 1. The van der Waals surface area contributed by atoms with Crippen LogP contribution in [0.5, 0.6) is 0 Å². The normalized spacial score (nSPS) is 11.1. The number of carbonyl (C=O) groups is 1. The number of aromatic amines is 1. The van der Waals surface area contributed by atoms with Crippen LogP contribution in [0, 0.1) is 0 Å². The smallest absolute Gasteiger partial charge is 0.350 e. The fraction of sp³-hybridized carbons (Fsp3) is 0.167. The summed E-state index contributed by atoms with van der Waals surface area (Å²) in [6, 6.07) is 9.67. The highest BCUT2D eigenvalue weighted by Crippen LogP contribution is 2.24. The van der Waals surface area contributed by atoms with E-state index in [0.717, 1.165) is 27.3 Å². The average Bonchev–Trinajstić information content (AvgIpc) is 3.38. The van der Waals surface area contributed by atoms with Crippen LogP contribution in [-0.4, -0.2) is 25.7 Å². The van der Waals surface area contributed by atoms with Gasteiger partial charge < -0.3 is 9.30 Å². The van der Waals surface area contributed by atoms with Gasteiger partial charge in [0.05, 0.1) is 17.4 Å². The number of nitrogens with zero attached hydrogens (tertiary/aromatic N) is 3. The van der Waals surface area contributed by atoms with Crippen LogP contribution in [0.15, 0.2) is 48.9 Å². The third-order valence-electron chi connectivity index (χ3n) is 3.91. The summed E-state index contributed by atoms with van der Waals surface area (Å²) in [5.74, 6) is -0.333. The van der Waals surface area contributed by atoms with Crippen LogP contribution < -0.4 is 0 Å². The lowest BCUT2D eigenvalue weighted by Crippen LogP contribution is -2.06. The summed E-state index contributed by atoms with van der Waals surface area (Å²) in [4.78, 5) is 17.6. The summed E-state index contributed by atoms with van der Waals surface area (Å²) < 4.78 is 7.40. The zero-order chi connectivity index (χ0) is 17.2. The maximum Gasteiger partial charge on any atom is 0.350 e. The van der Waals surface area contributed by atoms with E-state index in [-0.39, 0.29) is 12.6 Å². The van der Waals surface area contributed by atoms with Gasteiger partial charge in [-0.1, -0.05) is 24.3 Å². The van der Waals surface area contributed by atoms with E-state index >= 15 is 0 Å². The van der Waals surface area contributed by atoms with Crippen molar-refractivity contribution in [2.75, 3.05) is 0 Å². The summed E-state index contributed by atoms with van der Waals surface area (Å²) in [7, 11) is 0. The molecule has 0 saturated carbocycles. The number of fused-ring (bicyclic) bond motifs is 1. The number of nitrogens with one attached hydrogen (secondary N) is 1. The molecule has 0 bridgehead atoms. The van der Waals surface area contributed by atoms with Crippen molar-refractivity contribution in [2.45, 2.75) is 20.0 Å². The van der Waals surface area contributed by atoms with Crippen molar-refractivity contribution in [3.63, 3.8) is 0 Å². The third kappa shape index (κ3) is 3.06. The van der Waals surface area contributed by atoms with E-state index in [0.29, 0.717) is 11.3 Å². The number of ether oxygens (including phenoxy) is 1. The Bertz CT molecular complexity index is 1020. The summed E-state index contributed by atoms with van der Waals surface area (Å²) in [5.41, 5.74) is 2.65. The van der Waals surface area contributed by atoms with Crippen LogP contribution >= 0.6 is 11.3 Å². The summed E-state index contributed by atoms with van der Waals surface area (Å²) >= 11 is 1.35. The lowest BCUT2D eigenvalue weighted by Gasteiger charge is -2.04. The van der Waals surface area contributed by atoms with E-state index < -0.39 is 0 Å². The Morgan fingerprint density at radius 3 is 2.96 bits per heavy atom. The number of esters is 1. The van der Waals surface area contributed by atoms with Crippen molar-refractivity contribution in [3.8, 4) is 5.13 Å². The Balaban J connectivity index is 1.52. The molecule has 0 amide bonds. The van der Waals surface area contributed by atoms with Crippen molar-refractivity contribution in [3.05, 3.63) is 65.1 Å². The van der Waals surface area contributed by atoms with Gasteiger partial charge in [-0.25, -0.2) is 9.78 Å². The molecule has 0 unspecified atom stereocenters. The zero-order valence-corrected chi connectivity index (χ0v) is 14.4. The molecule has 4 rings (SSSR count). The Hall–Kier alpha value is -2.93. The number of aryl methyl sites for hydroxylation is 1. The average molecular weight is 352 g/mol. The van der Waals surface area contributed by atoms with Gasteiger partial charge in [0.25, 0.3) is 0 Å². The molecule has 3 heterocycles. The molecule has 3 aromatic heterocycles. The minimum Gasteiger partial charge on any atom is -0.457 e. The van der Waals surface area contributed by atoms with Gasteiger partial charge in [-0.2, -0.15) is 5.10 Å². The Kier molecular flexibility index (Phi) is 4.07. The topological polar surface area (TPSA) is 72.8 Å². The lowest BCUT2D eigenvalue weighted by atomic mass is 10.2. The second-order valence-electron chi connectivity index (χ2n) is 5.58. The largest absolute Gasteiger partial charge is 0.457 e. The SMILES string of the molecule is CCc1nc(-n2cccc2)sc1C(=O)OCc1ccc2[nH]ncc2c1. The molecule has 1 aromatic carbocycles. The van der Waals surface area contributed by atoms with Gasteiger partial charge in [0.1, 0.15) is 11.5 Å². The molecule has 25 heavy (non-hydrogen) atoms. The maximum absolute atomic E-state index is 12.5. The molecule has 0 saturated heterocycles. The predicted molar refractivity (Wildman–Crippen MR) is 96.0 cm³/mol. The first kappa shape index (κ1) is 15.6. The van der Waals surface area contributed by atoms with E-state index in [1.54, 1.807) is 6.20 Å². The fourth-order valence-corrected chi connectivity index (χ4v) is 3.62. The van der Waals surface area contributed by atoms with Crippen LogP contribution in [0.4, 0.5) is 0 Å². The predicted octanol–water partition coefficient (Wildman–Crippen LogP) is 3.73. The Morgan fingerprint density at radius 1 is 1.32 bits per heavy atom. The maximum atomic E-state index is 12.5. The van der Waals surface area contributed by atoms with Crippen molar-refractivity contribution in [1.82, 2.24) is 19.7 Å². The molecule has 0 fully saturated rings. The second-order valence-corrected chi connectivity index (χ2v) is 6.56. The quantitative estimate of drug-likeness (QED) is 0.556. The van der Waals surface area contributed by atoms with E-state index in [2.05, 4.69) is 15.2 Å². The number of carbonyl (C=O) groups excluding carboxylic acids is 1. The molecule has 0 aliphatic rings. The minimum atomic E-state index is -0.333. The Labute approximate surface area is 148 Å². The number of rotatable bonds is 5. The number of hydrogen-bond acceptors (Lipinski definition) is 5. The fourth-order valence-electron chi connectivity index (χ4n) is 2.61. The van der Waals surface area contributed by atoms with E-state index in [1.165, 1.54) is 11.3 Å². The molecule has 0 aliphatic carbocycles. The van der Waals surface area contributed by atoms with Crippen LogP contribution in [0.3, 0.4) is 0 Å². The first-order valence-corrected chi connectivity index (χ1v) is 8.78. The van der Waals surface area contributed by atoms with Crippen molar-refractivity contribution in [1.29, 1.82) is 0 Å². The monoisotopic (exact) mass is 352 g/mol. The minimum absolute atomic E-state index is 0.222. The first-order chi connectivity index (χ1) is 12.2. The first-order valence-electron chi connectivity index (χ1n) is 7.97. The summed E-state index contributed by atoms with van der Waals surface area (Å²) in [6.07, 6.45) is 6.26. The summed E-state index contributed by atoms with van der Waals surface area (Å²) in [6.45, 7) is 2.21. The molecular formula is C18H16N4O2S. The highest BCUT2D eigenvalue weighted by Gasteiger charge is 2.19. The molecular weight excluding hydrogens is 336 g/mol. The van der Waals surface area contributed by atoms with Gasteiger partial charge in [0, 0.05) is 17.8 Å². The highest BCUT2D eigenvalue weighted by atomic mass is 32.1.